The second-order valence-corrected chi connectivity index (χ2v) is 6.80. The molecule has 5 nitrogen and oxygen atoms in total. The summed E-state index contributed by atoms with van der Waals surface area (Å²) in [6.07, 6.45) is 1.05. The zero-order chi connectivity index (χ0) is 14.5. The fourth-order valence-electron chi connectivity index (χ4n) is 1.41. The van der Waals surface area contributed by atoms with Gasteiger partial charge in [0, 0.05) is 18.5 Å². The van der Waals surface area contributed by atoms with Crippen molar-refractivity contribution in [2.75, 3.05) is 18.1 Å². The number of rotatable bonds is 6. The third-order valence-corrected chi connectivity index (χ3v) is 4.31. The number of benzene rings is 1. The van der Waals surface area contributed by atoms with E-state index in [1.165, 1.54) is 6.92 Å². The molecule has 0 saturated heterocycles. The van der Waals surface area contributed by atoms with E-state index in [0.717, 1.165) is 24.9 Å². The maximum atomic E-state index is 11.7. The smallest absolute Gasteiger partial charge is 0.242 e. The third-order valence-electron chi connectivity index (χ3n) is 2.81. The molecule has 1 aromatic rings. The Morgan fingerprint density at radius 3 is 2.32 bits per heavy atom. The first kappa shape index (κ1) is 15.7. The summed E-state index contributed by atoms with van der Waals surface area (Å²) < 4.78 is 22.5. The Bertz CT molecular complexity index is 523. The predicted molar refractivity (Wildman–Crippen MR) is 76.8 cm³/mol. The SMILES string of the molecule is CCNCc1ccc(NC(=O)C(C)S(C)(=O)=O)cc1. The molecule has 1 aromatic carbocycles. The van der Waals surface area contributed by atoms with Crippen LogP contribution in [0.4, 0.5) is 5.69 Å². The molecular weight excluding hydrogens is 264 g/mol. The number of carbonyl (C=O) groups is 1. The molecule has 1 atom stereocenters. The normalized spacial score (nSPS) is 13.0. The lowest BCUT2D eigenvalue weighted by atomic mass is 10.2. The van der Waals surface area contributed by atoms with Crippen LogP contribution in [0.25, 0.3) is 0 Å². The molecule has 106 valence electrons. The van der Waals surface area contributed by atoms with Crippen LogP contribution in [0.1, 0.15) is 19.4 Å². The van der Waals surface area contributed by atoms with Crippen LogP contribution in [0.5, 0.6) is 0 Å². The zero-order valence-electron chi connectivity index (χ0n) is 11.4. The number of carbonyl (C=O) groups excluding carboxylic acids is 1. The van der Waals surface area contributed by atoms with Crippen molar-refractivity contribution in [3.8, 4) is 0 Å². The van der Waals surface area contributed by atoms with Crippen molar-refractivity contribution in [1.29, 1.82) is 0 Å². The molecule has 6 heteroatoms. The number of hydrogen-bond acceptors (Lipinski definition) is 4. The summed E-state index contributed by atoms with van der Waals surface area (Å²) in [4.78, 5) is 11.7. The standard InChI is InChI=1S/C13H20N2O3S/c1-4-14-9-11-5-7-12(8-6-11)15-13(16)10(2)19(3,17)18/h5-8,10,14H,4,9H2,1-3H3,(H,15,16). The molecule has 0 aliphatic heterocycles. The molecule has 0 aromatic heterocycles. The van der Waals surface area contributed by atoms with Gasteiger partial charge in [-0.15, -0.1) is 0 Å². The van der Waals surface area contributed by atoms with E-state index in [1.807, 2.05) is 19.1 Å². The van der Waals surface area contributed by atoms with Gasteiger partial charge in [0.1, 0.15) is 5.25 Å². The van der Waals surface area contributed by atoms with Crippen molar-refractivity contribution in [3.63, 3.8) is 0 Å². The molecule has 0 aliphatic carbocycles. The van der Waals surface area contributed by atoms with E-state index in [0.29, 0.717) is 5.69 Å². The number of nitrogens with one attached hydrogen (secondary N) is 2. The van der Waals surface area contributed by atoms with Crippen molar-refractivity contribution >= 4 is 21.4 Å². The summed E-state index contributed by atoms with van der Waals surface area (Å²) in [5, 5.41) is 4.74. The Kier molecular flexibility index (Phi) is 5.50. The number of sulfone groups is 1. The van der Waals surface area contributed by atoms with Gasteiger partial charge in [-0.1, -0.05) is 19.1 Å². The molecule has 1 rings (SSSR count). The van der Waals surface area contributed by atoms with Gasteiger partial charge in [-0.3, -0.25) is 4.79 Å². The lowest BCUT2D eigenvalue weighted by molar-refractivity contribution is -0.115. The van der Waals surface area contributed by atoms with E-state index in [1.54, 1.807) is 12.1 Å². The Morgan fingerprint density at radius 1 is 1.26 bits per heavy atom. The lowest BCUT2D eigenvalue weighted by Crippen LogP contribution is -2.31. The number of amides is 1. The van der Waals surface area contributed by atoms with Gasteiger partial charge < -0.3 is 10.6 Å². The van der Waals surface area contributed by atoms with E-state index in [2.05, 4.69) is 10.6 Å². The molecule has 0 spiro atoms. The lowest BCUT2D eigenvalue weighted by Gasteiger charge is -2.11. The van der Waals surface area contributed by atoms with Crippen LogP contribution in [-0.4, -0.2) is 32.4 Å². The molecular formula is C13H20N2O3S. The highest BCUT2D eigenvalue weighted by Crippen LogP contribution is 2.11. The summed E-state index contributed by atoms with van der Waals surface area (Å²) in [6, 6.07) is 7.31. The minimum absolute atomic E-state index is 0.512. The first-order valence-corrected chi connectivity index (χ1v) is 8.09. The fourth-order valence-corrected chi connectivity index (χ4v) is 1.86. The topological polar surface area (TPSA) is 75.3 Å². The fraction of sp³-hybridized carbons (Fsp3) is 0.462. The average Bonchev–Trinajstić information content (AvgIpc) is 2.36. The predicted octanol–water partition coefficient (Wildman–Crippen LogP) is 1.17. The molecule has 0 aliphatic rings. The molecule has 0 saturated carbocycles. The first-order valence-electron chi connectivity index (χ1n) is 6.14. The highest BCUT2D eigenvalue weighted by Gasteiger charge is 2.23. The van der Waals surface area contributed by atoms with Crippen molar-refractivity contribution < 1.29 is 13.2 Å². The van der Waals surface area contributed by atoms with Crippen LogP contribution in [0.3, 0.4) is 0 Å². The minimum atomic E-state index is -3.36. The van der Waals surface area contributed by atoms with Gasteiger partial charge >= 0.3 is 0 Å². The van der Waals surface area contributed by atoms with Crippen LogP contribution >= 0.6 is 0 Å². The zero-order valence-corrected chi connectivity index (χ0v) is 12.3. The number of hydrogen-bond donors (Lipinski definition) is 2. The first-order chi connectivity index (χ1) is 8.84. The number of anilines is 1. The van der Waals surface area contributed by atoms with Gasteiger partial charge in [0.2, 0.25) is 5.91 Å². The van der Waals surface area contributed by atoms with Crippen LogP contribution < -0.4 is 10.6 Å². The van der Waals surface area contributed by atoms with Crippen LogP contribution in [0.15, 0.2) is 24.3 Å². The van der Waals surface area contributed by atoms with Crippen LogP contribution in [0.2, 0.25) is 0 Å². The van der Waals surface area contributed by atoms with Crippen molar-refractivity contribution in [3.05, 3.63) is 29.8 Å². The highest BCUT2D eigenvalue weighted by atomic mass is 32.2. The molecule has 19 heavy (non-hydrogen) atoms. The molecule has 0 radical (unpaired) electrons. The summed E-state index contributed by atoms with van der Waals surface area (Å²) in [7, 11) is -3.36. The van der Waals surface area contributed by atoms with E-state index in [-0.39, 0.29) is 0 Å². The second kappa shape index (κ2) is 6.68. The Hall–Kier alpha value is -1.40. The minimum Gasteiger partial charge on any atom is -0.325 e. The van der Waals surface area contributed by atoms with Gasteiger partial charge in [0.25, 0.3) is 0 Å². The van der Waals surface area contributed by atoms with Gasteiger partial charge in [-0.25, -0.2) is 8.42 Å². The van der Waals surface area contributed by atoms with Crippen LogP contribution in [0, 0.1) is 0 Å². The van der Waals surface area contributed by atoms with Crippen molar-refractivity contribution in [1.82, 2.24) is 5.32 Å². The van der Waals surface area contributed by atoms with E-state index >= 15 is 0 Å². The summed E-state index contributed by atoms with van der Waals surface area (Å²) >= 11 is 0. The molecule has 1 unspecified atom stereocenters. The largest absolute Gasteiger partial charge is 0.325 e. The van der Waals surface area contributed by atoms with Crippen molar-refractivity contribution in [2.24, 2.45) is 0 Å². The highest BCUT2D eigenvalue weighted by molar-refractivity contribution is 7.92. The molecule has 0 bridgehead atoms. The second-order valence-electron chi connectivity index (χ2n) is 4.44. The summed E-state index contributed by atoms with van der Waals surface area (Å²) in [5.41, 5.74) is 1.71. The maximum Gasteiger partial charge on any atom is 0.242 e. The van der Waals surface area contributed by atoms with E-state index < -0.39 is 21.0 Å². The monoisotopic (exact) mass is 284 g/mol. The quantitative estimate of drug-likeness (QED) is 0.822. The average molecular weight is 284 g/mol. The molecule has 1 amide bonds. The van der Waals surface area contributed by atoms with Crippen LogP contribution in [-0.2, 0) is 21.2 Å². The van der Waals surface area contributed by atoms with Gasteiger partial charge in [-0.2, -0.15) is 0 Å². The van der Waals surface area contributed by atoms with E-state index in [9.17, 15) is 13.2 Å². The van der Waals surface area contributed by atoms with Gasteiger partial charge in [0.05, 0.1) is 0 Å². The van der Waals surface area contributed by atoms with Crippen molar-refractivity contribution in [2.45, 2.75) is 25.6 Å². The molecule has 0 fully saturated rings. The van der Waals surface area contributed by atoms with Gasteiger partial charge in [-0.05, 0) is 31.2 Å². The molecule has 2 N–H and O–H groups in total. The Labute approximate surface area is 114 Å². The van der Waals surface area contributed by atoms with E-state index in [4.69, 9.17) is 0 Å². The Balaban J connectivity index is 2.65. The molecule has 0 heterocycles. The maximum absolute atomic E-state index is 11.7. The summed E-state index contributed by atoms with van der Waals surface area (Å²) in [5.74, 6) is -0.512. The Morgan fingerprint density at radius 2 is 1.84 bits per heavy atom. The van der Waals surface area contributed by atoms with Gasteiger partial charge in [0.15, 0.2) is 9.84 Å². The third kappa shape index (κ3) is 5.00. The summed E-state index contributed by atoms with van der Waals surface area (Å²) in [6.45, 7) is 5.07.